The second kappa shape index (κ2) is 7.80. The Bertz CT molecular complexity index is 494. The maximum Gasteiger partial charge on any atom is 0.107 e. The normalized spacial score (nSPS) is 11.4. The molecule has 0 saturated heterocycles. The minimum Gasteiger partial charge on any atom is -0.121 e. The van der Waals surface area contributed by atoms with Gasteiger partial charge in [0.25, 0.3) is 0 Å². The molecule has 2 aromatic rings. The Kier molecular flexibility index (Phi) is 6.37. The molecule has 19 heavy (non-hydrogen) atoms. The van der Waals surface area contributed by atoms with Gasteiger partial charge in [0.05, 0.1) is 0 Å². The van der Waals surface area contributed by atoms with Crippen LogP contribution in [0.1, 0.15) is 11.1 Å². The summed E-state index contributed by atoms with van der Waals surface area (Å²) in [5.41, 5.74) is 2.63. The van der Waals surface area contributed by atoms with Gasteiger partial charge in [0.15, 0.2) is 0 Å². The molecule has 0 N–H and O–H groups in total. The van der Waals surface area contributed by atoms with E-state index in [-0.39, 0.29) is 0 Å². The van der Waals surface area contributed by atoms with Gasteiger partial charge in [-0.15, -0.1) is 12.2 Å². The van der Waals surface area contributed by atoms with Crippen LogP contribution in [0.5, 0.6) is 0 Å². The molecule has 0 aliphatic rings. The van der Waals surface area contributed by atoms with Crippen molar-refractivity contribution in [3.63, 3.8) is 0 Å². The standard InChI is InChI=1S/C14H15PS4/c16-15(17,18-11-13-7-3-1-4-8-13)19-12-14-9-5-2-6-10-14/h1-10H,11-12H2,(H,16,17). The van der Waals surface area contributed by atoms with Gasteiger partial charge in [0.2, 0.25) is 0 Å². The summed E-state index contributed by atoms with van der Waals surface area (Å²) in [6.45, 7) is 0. The largest absolute Gasteiger partial charge is 0.121 e. The predicted octanol–water partition coefficient (Wildman–Crippen LogP) is 6.01. The molecule has 0 saturated carbocycles. The molecule has 0 aromatic heterocycles. The lowest BCUT2D eigenvalue weighted by atomic mass is 10.2. The van der Waals surface area contributed by atoms with Crippen LogP contribution in [0.25, 0.3) is 0 Å². The van der Waals surface area contributed by atoms with Gasteiger partial charge in [-0.1, -0.05) is 95.2 Å². The third-order valence-electron chi connectivity index (χ3n) is 2.47. The van der Waals surface area contributed by atoms with Gasteiger partial charge in [-0.25, -0.2) is 0 Å². The van der Waals surface area contributed by atoms with Gasteiger partial charge in [-0.05, 0) is 11.1 Å². The molecule has 0 atom stereocenters. The van der Waals surface area contributed by atoms with Crippen LogP contribution >= 0.6 is 38.7 Å². The molecular formula is C14H15PS4. The molecule has 0 heterocycles. The second-order valence-electron chi connectivity index (χ2n) is 3.99. The number of hydrogen-bond acceptors (Lipinski definition) is 3. The maximum atomic E-state index is 5.64. The number of thiol groups is 1. The summed E-state index contributed by atoms with van der Waals surface area (Å²) in [5.74, 6) is 1.90. The van der Waals surface area contributed by atoms with Gasteiger partial charge in [0.1, 0.15) is 3.64 Å². The van der Waals surface area contributed by atoms with Crippen molar-refractivity contribution >= 4 is 50.5 Å². The van der Waals surface area contributed by atoms with Crippen LogP contribution in [0, 0.1) is 0 Å². The Labute approximate surface area is 133 Å². The Hall–Kier alpha value is 0.140. The van der Waals surface area contributed by atoms with Crippen molar-refractivity contribution in [1.82, 2.24) is 0 Å². The highest BCUT2D eigenvalue weighted by Crippen LogP contribution is 2.74. The molecule has 0 radical (unpaired) electrons. The molecule has 0 spiro atoms. The summed E-state index contributed by atoms with van der Waals surface area (Å²) in [7, 11) is 0. The van der Waals surface area contributed by atoms with Crippen molar-refractivity contribution in [3.05, 3.63) is 71.8 Å². The molecule has 0 aliphatic carbocycles. The van der Waals surface area contributed by atoms with E-state index in [2.05, 4.69) is 48.5 Å². The zero-order chi connectivity index (χ0) is 13.6. The topological polar surface area (TPSA) is 0 Å². The summed E-state index contributed by atoms with van der Waals surface area (Å²) in [5, 5.41) is 0. The molecule has 2 rings (SSSR count). The third kappa shape index (κ3) is 5.97. The second-order valence-corrected chi connectivity index (χ2v) is 18.8. The van der Waals surface area contributed by atoms with Crippen LogP contribution in [-0.2, 0) is 23.3 Å². The Morgan fingerprint density at radius 1 is 0.789 bits per heavy atom. The fourth-order valence-electron chi connectivity index (χ4n) is 1.50. The van der Waals surface area contributed by atoms with Crippen LogP contribution in [-0.4, -0.2) is 0 Å². The molecule has 100 valence electrons. The van der Waals surface area contributed by atoms with Crippen LogP contribution in [0.15, 0.2) is 60.7 Å². The molecule has 2 aromatic carbocycles. The van der Waals surface area contributed by atoms with E-state index in [1.807, 2.05) is 12.1 Å². The van der Waals surface area contributed by atoms with Crippen LogP contribution in [0.4, 0.5) is 0 Å². The lowest BCUT2D eigenvalue weighted by Crippen LogP contribution is -1.78. The molecule has 0 aliphatic heterocycles. The number of benzene rings is 2. The SMILES string of the molecule is S=P(S)(SCc1ccccc1)SCc1ccccc1. The van der Waals surface area contributed by atoms with Gasteiger partial charge in [0, 0.05) is 11.5 Å². The van der Waals surface area contributed by atoms with E-state index in [0.717, 1.165) is 11.5 Å². The van der Waals surface area contributed by atoms with E-state index >= 15 is 0 Å². The highest BCUT2D eigenvalue weighted by molar-refractivity contribution is 9.20. The van der Waals surface area contributed by atoms with Gasteiger partial charge in [-0.2, -0.15) is 0 Å². The highest BCUT2D eigenvalue weighted by atomic mass is 33.5. The molecule has 0 bridgehead atoms. The van der Waals surface area contributed by atoms with E-state index in [9.17, 15) is 0 Å². The Balaban J connectivity index is 1.84. The van der Waals surface area contributed by atoms with Gasteiger partial charge in [-0.3, -0.25) is 0 Å². The van der Waals surface area contributed by atoms with E-state index in [1.165, 1.54) is 11.1 Å². The van der Waals surface area contributed by atoms with Crippen molar-refractivity contribution in [3.8, 4) is 0 Å². The van der Waals surface area contributed by atoms with Crippen molar-refractivity contribution in [2.75, 3.05) is 0 Å². The number of rotatable bonds is 6. The maximum absolute atomic E-state index is 5.64. The Morgan fingerprint density at radius 2 is 1.16 bits per heavy atom. The highest BCUT2D eigenvalue weighted by Gasteiger charge is 2.13. The summed E-state index contributed by atoms with van der Waals surface area (Å²) in [6, 6.07) is 20.9. The first-order valence-electron chi connectivity index (χ1n) is 5.85. The average Bonchev–Trinajstić information content (AvgIpc) is 2.46. The molecule has 0 fully saturated rings. The minimum absolute atomic E-state index is 0.948. The third-order valence-corrected chi connectivity index (χ3v) is 12.7. The fourth-order valence-corrected chi connectivity index (χ4v) is 8.29. The zero-order valence-electron chi connectivity index (χ0n) is 10.3. The first-order chi connectivity index (χ1) is 9.16. The van der Waals surface area contributed by atoms with E-state index in [1.54, 1.807) is 22.8 Å². The minimum atomic E-state index is -1.66. The van der Waals surface area contributed by atoms with Gasteiger partial charge < -0.3 is 0 Å². The molecular weight excluding hydrogens is 327 g/mol. The smallest absolute Gasteiger partial charge is 0.107 e. The fraction of sp³-hybridized carbons (Fsp3) is 0.143. The summed E-state index contributed by atoms with van der Waals surface area (Å²) in [6.07, 6.45) is 0. The molecule has 0 amide bonds. The van der Waals surface area contributed by atoms with Crippen LogP contribution < -0.4 is 0 Å². The van der Waals surface area contributed by atoms with Crippen molar-refractivity contribution in [2.45, 2.75) is 11.5 Å². The summed E-state index contributed by atoms with van der Waals surface area (Å²) in [4.78, 5) is 0. The first kappa shape index (κ1) is 15.5. The molecule has 0 unspecified atom stereocenters. The average molecular weight is 343 g/mol. The molecule has 5 heteroatoms. The molecule has 0 nitrogen and oxygen atoms in total. The summed E-state index contributed by atoms with van der Waals surface area (Å²) < 4.78 is -1.66. The van der Waals surface area contributed by atoms with Crippen LogP contribution in [0.3, 0.4) is 0 Å². The Morgan fingerprint density at radius 3 is 1.53 bits per heavy atom. The van der Waals surface area contributed by atoms with Crippen molar-refractivity contribution < 1.29 is 0 Å². The van der Waals surface area contributed by atoms with Gasteiger partial charge >= 0.3 is 0 Å². The van der Waals surface area contributed by atoms with Crippen molar-refractivity contribution in [2.24, 2.45) is 0 Å². The van der Waals surface area contributed by atoms with E-state index < -0.39 is 3.64 Å². The number of hydrogen-bond donors (Lipinski definition) is 1. The first-order valence-corrected chi connectivity index (χ1v) is 13.0. The monoisotopic (exact) mass is 342 g/mol. The zero-order valence-corrected chi connectivity index (χ0v) is 14.5. The van der Waals surface area contributed by atoms with E-state index in [0.29, 0.717) is 0 Å². The predicted molar refractivity (Wildman–Crippen MR) is 98.7 cm³/mol. The lowest BCUT2D eigenvalue weighted by molar-refractivity contribution is 1.43. The van der Waals surface area contributed by atoms with Crippen molar-refractivity contribution in [1.29, 1.82) is 0 Å². The van der Waals surface area contributed by atoms with Crippen LogP contribution in [0.2, 0.25) is 0 Å². The van der Waals surface area contributed by atoms with E-state index in [4.69, 9.17) is 24.1 Å². The quantitative estimate of drug-likeness (QED) is 0.505. The summed E-state index contributed by atoms with van der Waals surface area (Å²) >= 11 is 14.0. The lowest BCUT2D eigenvalue weighted by Gasteiger charge is -2.14.